The fraction of sp³-hybridized carbons (Fsp3) is 0.500. The highest BCUT2D eigenvalue weighted by Crippen LogP contribution is 2.20. The Kier molecular flexibility index (Phi) is 5.87. The van der Waals surface area contributed by atoms with Crippen LogP contribution in [-0.4, -0.2) is 9.97 Å². The van der Waals surface area contributed by atoms with Crippen LogP contribution in [0.1, 0.15) is 64.3 Å². The highest BCUT2D eigenvalue weighted by Gasteiger charge is 2.14. The average Bonchev–Trinajstić information content (AvgIpc) is 2.37. The van der Waals surface area contributed by atoms with Gasteiger partial charge < -0.3 is 0 Å². The molecule has 0 bridgehead atoms. The topological polar surface area (TPSA) is 25.8 Å². The molecule has 0 saturated heterocycles. The minimum Gasteiger partial charge on any atom is -0.258 e. The Morgan fingerprint density at radius 3 is 1.09 bits per heavy atom. The van der Waals surface area contributed by atoms with Crippen LogP contribution in [-0.2, 0) is 10.8 Å². The summed E-state index contributed by atoms with van der Waals surface area (Å²) in [4.78, 5) is 8.89. The lowest BCUT2D eigenvalue weighted by Crippen LogP contribution is -2.13. The standard InChI is InChI=1S/2C10H15N/c2*1-8-6-5-7-9(11-8)10(2,3)4/h2*5-7H,1-4H3. The fourth-order valence-corrected chi connectivity index (χ4v) is 1.92. The molecule has 0 aliphatic rings. The molecule has 0 aromatic carbocycles. The predicted molar refractivity (Wildman–Crippen MR) is 95.3 cm³/mol. The Morgan fingerprint density at radius 2 is 0.909 bits per heavy atom. The first-order valence-electron chi connectivity index (χ1n) is 7.88. The van der Waals surface area contributed by atoms with E-state index in [2.05, 4.69) is 75.8 Å². The van der Waals surface area contributed by atoms with Gasteiger partial charge in [-0.15, -0.1) is 0 Å². The van der Waals surface area contributed by atoms with E-state index in [0.717, 1.165) is 22.8 Å². The molecular weight excluding hydrogens is 268 g/mol. The van der Waals surface area contributed by atoms with E-state index in [0.29, 0.717) is 0 Å². The molecule has 0 aliphatic carbocycles. The molecule has 22 heavy (non-hydrogen) atoms. The molecule has 0 N–H and O–H groups in total. The zero-order valence-electron chi connectivity index (χ0n) is 15.4. The summed E-state index contributed by atoms with van der Waals surface area (Å²) in [6.07, 6.45) is 0. The first kappa shape index (κ1) is 18.3. The summed E-state index contributed by atoms with van der Waals surface area (Å²) < 4.78 is 0. The van der Waals surface area contributed by atoms with E-state index in [4.69, 9.17) is 0 Å². The molecular formula is C20H30N2. The molecule has 0 spiro atoms. The van der Waals surface area contributed by atoms with Crippen molar-refractivity contribution in [3.8, 4) is 0 Å². The Bertz CT molecular complexity index is 546. The first-order chi connectivity index (χ1) is 10.00. The molecule has 120 valence electrons. The van der Waals surface area contributed by atoms with Crippen molar-refractivity contribution in [1.82, 2.24) is 9.97 Å². The molecule has 2 aromatic heterocycles. The van der Waals surface area contributed by atoms with Crippen LogP contribution in [0.2, 0.25) is 0 Å². The van der Waals surface area contributed by atoms with Gasteiger partial charge >= 0.3 is 0 Å². The Labute approximate surface area is 136 Å². The van der Waals surface area contributed by atoms with E-state index in [9.17, 15) is 0 Å². The number of rotatable bonds is 0. The predicted octanol–water partition coefficient (Wildman–Crippen LogP) is 5.38. The lowest BCUT2D eigenvalue weighted by atomic mass is 9.91. The van der Waals surface area contributed by atoms with Gasteiger partial charge in [0.2, 0.25) is 0 Å². The molecule has 0 radical (unpaired) electrons. The quantitative estimate of drug-likeness (QED) is 0.653. The van der Waals surface area contributed by atoms with Gasteiger partial charge in [-0.2, -0.15) is 0 Å². The minimum absolute atomic E-state index is 0.173. The lowest BCUT2D eigenvalue weighted by Gasteiger charge is -2.17. The Morgan fingerprint density at radius 1 is 0.591 bits per heavy atom. The van der Waals surface area contributed by atoms with Gasteiger partial charge in [-0.1, -0.05) is 53.7 Å². The van der Waals surface area contributed by atoms with E-state index in [1.54, 1.807) is 0 Å². The van der Waals surface area contributed by atoms with Crippen LogP contribution >= 0.6 is 0 Å². The van der Waals surface area contributed by atoms with Crippen molar-refractivity contribution in [2.75, 3.05) is 0 Å². The minimum atomic E-state index is 0.173. The molecule has 0 amide bonds. The van der Waals surface area contributed by atoms with E-state index in [-0.39, 0.29) is 10.8 Å². The highest BCUT2D eigenvalue weighted by atomic mass is 14.7. The van der Waals surface area contributed by atoms with Gasteiger partial charge in [0.25, 0.3) is 0 Å². The normalized spacial score (nSPS) is 11.6. The van der Waals surface area contributed by atoms with Gasteiger partial charge in [-0.05, 0) is 38.1 Å². The number of aromatic nitrogens is 2. The van der Waals surface area contributed by atoms with Crippen molar-refractivity contribution >= 4 is 0 Å². The van der Waals surface area contributed by atoms with Crippen LogP contribution in [0.3, 0.4) is 0 Å². The largest absolute Gasteiger partial charge is 0.258 e. The Balaban J connectivity index is 0.000000220. The maximum atomic E-state index is 4.44. The SMILES string of the molecule is Cc1cccc(C(C)(C)C)n1.Cc1cccc(C(C)(C)C)n1. The van der Waals surface area contributed by atoms with E-state index in [1.165, 1.54) is 0 Å². The molecule has 0 saturated carbocycles. The molecule has 0 unspecified atom stereocenters. The van der Waals surface area contributed by atoms with Crippen molar-refractivity contribution < 1.29 is 0 Å². The summed E-state index contributed by atoms with van der Waals surface area (Å²) in [7, 11) is 0. The number of hydrogen-bond acceptors (Lipinski definition) is 2. The second kappa shape index (κ2) is 7.04. The fourth-order valence-electron chi connectivity index (χ4n) is 1.92. The maximum absolute atomic E-state index is 4.44. The summed E-state index contributed by atoms with van der Waals surface area (Å²) in [5, 5.41) is 0. The third-order valence-electron chi connectivity index (χ3n) is 3.31. The van der Waals surface area contributed by atoms with Crippen molar-refractivity contribution in [2.45, 2.75) is 66.2 Å². The van der Waals surface area contributed by atoms with E-state index < -0.39 is 0 Å². The van der Waals surface area contributed by atoms with Crippen LogP contribution in [0.4, 0.5) is 0 Å². The van der Waals surface area contributed by atoms with Gasteiger partial charge in [0.15, 0.2) is 0 Å². The third-order valence-corrected chi connectivity index (χ3v) is 3.31. The number of hydrogen-bond donors (Lipinski definition) is 0. The van der Waals surface area contributed by atoms with Crippen LogP contribution in [0.5, 0.6) is 0 Å². The van der Waals surface area contributed by atoms with Gasteiger partial charge in [0.05, 0.1) is 0 Å². The maximum Gasteiger partial charge on any atom is 0.0460 e. The second-order valence-electron chi connectivity index (χ2n) is 7.83. The molecule has 2 heterocycles. The van der Waals surface area contributed by atoms with Gasteiger partial charge in [-0.3, -0.25) is 9.97 Å². The van der Waals surface area contributed by atoms with Crippen LogP contribution in [0.15, 0.2) is 36.4 Å². The Hall–Kier alpha value is -1.70. The molecule has 0 aliphatic heterocycles. The van der Waals surface area contributed by atoms with Gasteiger partial charge in [0.1, 0.15) is 0 Å². The second-order valence-corrected chi connectivity index (χ2v) is 7.83. The van der Waals surface area contributed by atoms with Gasteiger partial charge in [0, 0.05) is 33.6 Å². The molecule has 0 atom stereocenters. The molecule has 2 nitrogen and oxygen atoms in total. The van der Waals surface area contributed by atoms with E-state index >= 15 is 0 Å². The van der Waals surface area contributed by atoms with Crippen molar-refractivity contribution in [3.63, 3.8) is 0 Å². The number of aryl methyl sites for hydroxylation is 2. The van der Waals surface area contributed by atoms with Crippen LogP contribution in [0, 0.1) is 13.8 Å². The zero-order valence-corrected chi connectivity index (χ0v) is 15.4. The van der Waals surface area contributed by atoms with Crippen molar-refractivity contribution in [2.24, 2.45) is 0 Å². The summed E-state index contributed by atoms with van der Waals surface area (Å²) in [6, 6.07) is 12.3. The van der Waals surface area contributed by atoms with E-state index in [1.807, 2.05) is 26.0 Å². The average molecular weight is 298 g/mol. The number of nitrogens with zero attached hydrogens (tertiary/aromatic N) is 2. The molecule has 2 heteroatoms. The monoisotopic (exact) mass is 298 g/mol. The highest BCUT2D eigenvalue weighted by molar-refractivity contribution is 5.17. The van der Waals surface area contributed by atoms with Crippen LogP contribution < -0.4 is 0 Å². The molecule has 2 aromatic rings. The zero-order chi connectivity index (χ0) is 17.0. The third kappa shape index (κ3) is 5.97. The molecule has 0 fully saturated rings. The first-order valence-corrected chi connectivity index (χ1v) is 7.88. The smallest absolute Gasteiger partial charge is 0.0460 e. The molecule has 2 rings (SSSR count). The number of pyridine rings is 2. The van der Waals surface area contributed by atoms with Crippen LogP contribution in [0.25, 0.3) is 0 Å². The van der Waals surface area contributed by atoms with Crippen molar-refractivity contribution in [1.29, 1.82) is 0 Å². The summed E-state index contributed by atoms with van der Waals surface area (Å²) >= 11 is 0. The van der Waals surface area contributed by atoms with Gasteiger partial charge in [-0.25, -0.2) is 0 Å². The summed E-state index contributed by atoms with van der Waals surface area (Å²) in [5.74, 6) is 0. The lowest BCUT2D eigenvalue weighted by molar-refractivity contribution is 0.567. The van der Waals surface area contributed by atoms with Crippen molar-refractivity contribution in [3.05, 3.63) is 59.2 Å². The summed E-state index contributed by atoms with van der Waals surface area (Å²) in [5.41, 5.74) is 4.86. The summed E-state index contributed by atoms with van der Waals surface area (Å²) in [6.45, 7) is 17.1.